The Balaban J connectivity index is 1.46. The minimum absolute atomic E-state index is 0.0637. The summed E-state index contributed by atoms with van der Waals surface area (Å²) in [6, 6.07) is 14.6. The predicted molar refractivity (Wildman–Crippen MR) is 96.3 cm³/mol. The van der Waals surface area contributed by atoms with Crippen molar-refractivity contribution < 1.29 is 27.4 Å². The molecular formula is C19H20O6S. The molecule has 7 heteroatoms. The van der Waals surface area contributed by atoms with Gasteiger partial charge in [0, 0.05) is 0 Å². The summed E-state index contributed by atoms with van der Waals surface area (Å²) in [6.07, 6.45) is -0.222. The van der Waals surface area contributed by atoms with Crippen molar-refractivity contribution in [2.24, 2.45) is 0 Å². The van der Waals surface area contributed by atoms with Gasteiger partial charge in [-0.3, -0.25) is 0 Å². The first-order valence-corrected chi connectivity index (χ1v) is 10.1. The lowest BCUT2D eigenvalue weighted by Gasteiger charge is -2.11. The van der Waals surface area contributed by atoms with E-state index in [0.29, 0.717) is 17.9 Å². The minimum Gasteiger partial charge on any atom is -0.482 e. The van der Waals surface area contributed by atoms with E-state index in [1.165, 1.54) is 0 Å². The molecule has 26 heavy (non-hydrogen) atoms. The van der Waals surface area contributed by atoms with Crippen molar-refractivity contribution in [2.45, 2.75) is 19.4 Å². The molecule has 0 radical (unpaired) electrons. The highest BCUT2D eigenvalue weighted by atomic mass is 32.2. The van der Waals surface area contributed by atoms with Gasteiger partial charge in [-0.15, -0.1) is 0 Å². The molecule has 1 atom stereocenters. The van der Waals surface area contributed by atoms with E-state index in [1.807, 2.05) is 31.2 Å². The molecule has 2 aromatic rings. The molecule has 2 aromatic carbocycles. The molecule has 1 heterocycles. The number of ether oxygens (including phenoxy) is 3. The van der Waals surface area contributed by atoms with Crippen molar-refractivity contribution in [1.29, 1.82) is 0 Å². The van der Waals surface area contributed by atoms with Crippen LogP contribution in [0.15, 0.2) is 48.5 Å². The summed E-state index contributed by atoms with van der Waals surface area (Å²) >= 11 is 0. The number of esters is 1. The quantitative estimate of drug-likeness (QED) is 0.722. The molecule has 0 aromatic heterocycles. The molecule has 0 unspecified atom stereocenters. The standard InChI is InChI=1S/C19H20O6S/c1-14-2-4-16(5-3-14)24-17-8-6-15(7-9-17)23-12-19(20)25-18-10-11-26(21,22)13-18/h2-9,18H,10-13H2,1H3/t18-/m1/s1. The summed E-state index contributed by atoms with van der Waals surface area (Å²) in [5, 5.41) is 0. The average Bonchev–Trinajstić information content (AvgIpc) is 2.95. The minimum atomic E-state index is -3.07. The molecule has 1 saturated heterocycles. The molecule has 0 bridgehead atoms. The van der Waals surface area contributed by atoms with Crippen molar-refractivity contribution in [3.05, 3.63) is 54.1 Å². The average molecular weight is 376 g/mol. The highest BCUT2D eigenvalue weighted by Crippen LogP contribution is 2.24. The number of sulfone groups is 1. The van der Waals surface area contributed by atoms with E-state index < -0.39 is 21.9 Å². The van der Waals surface area contributed by atoms with Gasteiger partial charge in [-0.2, -0.15) is 0 Å². The molecule has 0 N–H and O–H groups in total. The van der Waals surface area contributed by atoms with Crippen LogP contribution in [0.3, 0.4) is 0 Å². The van der Waals surface area contributed by atoms with Gasteiger partial charge in [0.15, 0.2) is 16.4 Å². The molecule has 138 valence electrons. The Hall–Kier alpha value is -2.54. The Labute approximate surface area is 152 Å². The molecule has 1 aliphatic rings. The Morgan fingerprint density at radius 2 is 1.58 bits per heavy atom. The smallest absolute Gasteiger partial charge is 0.344 e. The molecule has 1 aliphatic heterocycles. The molecule has 1 fully saturated rings. The Bertz CT molecular complexity index is 856. The first kappa shape index (κ1) is 18.3. The van der Waals surface area contributed by atoms with Gasteiger partial charge in [0.1, 0.15) is 23.4 Å². The van der Waals surface area contributed by atoms with Crippen LogP contribution in [0, 0.1) is 6.92 Å². The van der Waals surface area contributed by atoms with E-state index >= 15 is 0 Å². The lowest BCUT2D eigenvalue weighted by Crippen LogP contribution is -2.23. The largest absolute Gasteiger partial charge is 0.482 e. The van der Waals surface area contributed by atoms with Gasteiger partial charge in [0.05, 0.1) is 11.5 Å². The summed E-state index contributed by atoms with van der Waals surface area (Å²) in [5.74, 6) is 1.27. The van der Waals surface area contributed by atoms with E-state index in [-0.39, 0.29) is 18.1 Å². The highest BCUT2D eigenvalue weighted by Gasteiger charge is 2.30. The monoisotopic (exact) mass is 376 g/mol. The summed E-state index contributed by atoms with van der Waals surface area (Å²) in [4.78, 5) is 11.8. The zero-order valence-electron chi connectivity index (χ0n) is 14.4. The van der Waals surface area contributed by atoms with Gasteiger partial charge in [-0.25, -0.2) is 13.2 Å². The van der Waals surface area contributed by atoms with E-state index in [0.717, 1.165) is 11.3 Å². The van der Waals surface area contributed by atoms with Crippen molar-refractivity contribution in [2.75, 3.05) is 18.1 Å². The topological polar surface area (TPSA) is 78.9 Å². The van der Waals surface area contributed by atoms with E-state index in [9.17, 15) is 13.2 Å². The lowest BCUT2D eigenvalue weighted by molar-refractivity contribution is -0.150. The molecule has 0 saturated carbocycles. The van der Waals surface area contributed by atoms with E-state index in [1.54, 1.807) is 24.3 Å². The Morgan fingerprint density at radius 1 is 1.00 bits per heavy atom. The fourth-order valence-corrected chi connectivity index (χ4v) is 4.15. The fourth-order valence-electron chi connectivity index (χ4n) is 2.56. The summed E-state index contributed by atoms with van der Waals surface area (Å²) in [5.41, 5.74) is 1.16. The van der Waals surface area contributed by atoms with Gasteiger partial charge < -0.3 is 14.2 Å². The second-order valence-corrected chi connectivity index (χ2v) is 8.42. The van der Waals surface area contributed by atoms with Crippen LogP contribution < -0.4 is 9.47 Å². The predicted octanol–water partition coefficient (Wildman–Crippen LogP) is 2.90. The maximum atomic E-state index is 11.8. The number of hydrogen-bond donors (Lipinski definition) is 0. The van der Waals surface area contributed by atoms with Crippen LogP contribution >= 0.6 is 0 Å². The Kier molecular flexibility index (Phi) is 5.46. The molecule has 0 aliphatic carbocycles. The van der Waals surface area contributed by atoms with E-state index in [4.69, 9.17) is 14.2 Å². The van der Waals surface area contributed by atoms with Crippen LogP contribution in [0.5, 0.6) is 17.2 Å². The third-order valence-electron chi connectivity index (χ3n) is 3.93. The summed E-state index contributed by atoms with van der Waals surface area (Å²) < 4.78 is 38.9. The van der Waals surface area contributed by atoms with E-state index in [2.05, 4.69) is 0 Å². The second kappa shape index (κ2) is 7.78. The second-order valence-electron chi connectivity index (χ2n) is 6.19. The van der Waals surface area contributed by atoms with Crippen molar-refractivity contribution in [1.82, 2.24) is 0 Å². The lowest BCUT2D eigenvalue weighted by atomic mass is 10.2. The van der Waals surface area contributed by atoms with Crippen molar-refractivity contribution in [3.8, 4) is 17.2 Å². The molecule has 0 spiro atoms. The normalized spacial score (nSPS) is 18.3. The van der Waals surface area contributed by atoms with Gasteiger partial charge >= 0.3 is 5.97 Å². The van der Waals surface area contributed by atoms with Crippen molar-refractivity contribution in [3.63, 3.8) is 0 Å². The summed E-state index contributed by atoms with van der Waals surface area (Å²) in [6.45, 7) is 1.74. The first-order chi connectivity index (χ1) is 12.4. The number of hydrogen-bond acceptors (Lipinski definition) is 6. The molecular weight excluding hydrogens is 356 g/mol. The molecule has 3 rings (SSSR count). The van der Waals surface area contributed by atoms with Gasteiger partial charge in [0.2, 0.25) is 0 Å². The number of rotatable bonds is 6. The number of carbonyl (C=O) groups is 1. The van der Waals surface area contributed by atoms with Gasteiger partial charge in [-0.1, -0.05) is 17.7 Å². The number of benzene rings is 2. The van der Waals surface area contributed by atoms with Crippen LogP contribution in [-0.4, -0.2) is 38.6 Å². The number of carbonyl (C=O) groups excluding carboxylic acids is 1. The molecule has 0 amide bonds. The van der Waals surface area contributed by atoms with Crippen LogP contribution in [-0.2, 0) is 19.4 Å². The zero-order valence-corrected chi connectivity index (χ0v) is 15.2. The Morgan fingerprint density at radius 3 is 2.15 bits per heavy atom. The van der Waals surface area contributed by atoms with Crippen LogP contribution in [0.2, 0.25) is 0 Å². The van der Waals surface area contributed by atoms with Crippen LogP contribution in [0.4, 0.5) is 0 Å². The maximum Gasteiger partial charge on any atom is 0.344 e. The van der Waals surface area contributed by atoms with Gasteiger partial charge in [-0.05, 0) is 49.7 Å². The fraction of sp³-hybridized carbons (Fsp3) is 0.316. The SMILES string of the molecule is Cc1ccc(Oc2ccc(OCC(=O)O[C@@H]3CCS(=O)(=O)C3)cc2)cc1. The maximum absolute atomic E-state index is 11.8. The van der Waals surface area contributed by atoms with Gasteiger partial charge in [0.25, 0.3) is 0 Å². The summed E-state index contributed by atoms with van der Waals surface area (Å²) in [7, 11) is -3.07. The first-order valence-electron chi connectivity index (χ1n) is 8.27. The third kappa shape index (κ3) is 5.23. The molecule has 6 nitrogen and oxygen atoms in total. The third-order valence-corrected chi connectivity index (χ3v) is 5.66. The van der Waals surface area contributed by atoms with Crippen molar-refractivity contribution >= 4 is 15.8 Å². The highest BCUT2D eigenvalue weighted by molar-refractivity contribution is 7.91. The van der Waals surface area contributed by atoms with Crippen LogP contribution in [0.1, 0.15) is 12.0 Å². The number of aryl methyl sites for hydroxylation is 1. The van der Waals surface area contributed by atoms with Crippen LogP contribution in [0.25, 0.3) is 0 Å². The zero-order chi connectivity index (χ0) is 18.6.